The number of hydrogen-bond donors (Lipinski definition) is 2. The maximum atomic E-state index is 12.0. The molecule has 2 amide bonds. The summed E-state index contributed by atoms with van der Waals surface area (Å²) in [5.74, 6) is 1.47. The Labute approximate surface area is 128 Å². The third kappa shape index (κ3) is 3.56. The Bertz CT molecular complexity index is 609. The summed E-state index contributed by atoms with van der Waals surface area (Å²) in [6.07, 6.45) is 3.29. The van der Waals surface area contributed by atoms with Gasteiger partial charge in [-0.3, -0.25) is 0 Å². The highest BCUT2D eigenvalue weighted by molar-refractivity contribution is 5.92. The van der Waals surface area contributed by atoms with E-state index in [-0.39, 0.29) is 6.03 Å². The molecule has 3 rings (SSSR count). The summed E-state index contributed by atoms with van der Waals surface area (Å²) in [5, 5.41) is 5.58. The first kappa shape index (κ1) is 14.4. The van der Waals surface area contributed by atoms with Crippen LogP contribution in [0.1, 0.15) is 5.76 Å². The molecule has 7 heteroatoms. The third-order valence-corrected chi connectivity index (χ3v) is 3.35. The van der Waals surface area contributed by atoms with E-state index in [1.807, 2.05) is 12.1 Å². The fourth-order valence-corrected chi connectivity index (χ4v) is 2.27. The van der Waals surface area contributed by atoms with E-state index in [1.54, 1.807) is 24.6 Å². The number of hydrogen-bond acceptors (Lipinski definition) is 5. The van der Waals surface area contributed by atoms with E-state index in [0.29, 0.717) is 31.2 Å². The van der Waals surface area contributed by atoms with Crippen molar-refractivity contribution in [3.63, 3.8) is 0 Å². The maximum Gasteiger partial charge on any atom is 0.319 e. The summed E-state index contributed by atoms with van der Waals surface area (Å²) in [4.78, 5) is 18.5. The molecule has 2 aromatic heterocycles. The molecule has 3 heterocycles. The summed E-state index contributed by atoms with van der Waals surface area (Å²) in [6.45, 7) is 3.20. The standard InChI is InChI=1S/C15H18N4O3/c20-15(17-11-12-3-2-8-22-12)18-13-4-1-5-16-14(13)19-6-9-21-10-7-19/h1-5,8H,6-7,9-11H2,(H2,17,18,20). The lowest BCUT2D eigenvalue weighted by molar-refractivity contribution is 0.122. The van der Waals surface area contributed by atoms with Gasteiger partial charge < -0.3 is 24.7 Å². The highest BCUT2D eigenvalue weighted by Crippen LogP contribution is 2.23. The van der Waals surface area contributed by atoms with Crippen molar-refractivity contribution in [1.29, 1.82) is 0 Å². The molecule has 0 saturated carbocycles. The topological polar surface area (TPSA) is 79.6 Å². The Kier molecular flexibility index (Phi) is 4.55. The van der Waals surface area contributed by atoms with E-state index in [1.165, 1.54) is 0 Å². The van der Waals surface area contributed by atoms with Crippen LogP contribution in [0, 0.1) is 0 Å². The molecule has 7 nitrogen and oxygen atoms in total. The highest BCUT2D eigenvalue weighted by Gasteiger charge is 2.17. The number of amides is 2. The van der Waals surface area contributed by atoms with Gasteiger partial charge in [-0.2, -0.15) is 0 Å². The predicted molar refractivity (Wildman–Crippen MR) is 81.8 cm³/mol. The Morgan fingerprint density at radius 3 is 2.91 bits per heavy atom. The number of nitrogens with zero attached hydrogens (tertiary/aromatic N) is 2. The molecule has 0 spiro atoms. The molecule has 116 valence electrons. The van der Waals surface area contributed by atoms with Crippen LogP contribution >= 0.6 is 0 Å². The number of nitrogens with one attached hydrogen (secondary N) is 2. The van der Waals surface area contributed by atoms with Crippen LogP contribution in [-0.2, 0) is 11.3 Å². The number of anilines is 2. The van der Waals surface area contributed by atoms with E-state index < -0.39 is 0 Å². The number of morpholine rings is 1. The number of aromatic nitrogens is 1. The average Bonchev–Trinajstić information content (AvgIpc) is 3.08. The first-order valence-electron chi connectivity index (χ1n) is 7.18. The first-order valence-corrected chi connectivity index (χ1v) is 7.18. The summed E-state index contributed by atoms with van der Waals surface area (Å²) < 4.78 is 10.5. The molecular formula is C15H18N4O3. The molecule has 1 saturated heterocycles. The van der Waals surface area contributed by atoms with Gasteiger partial charge in [0.2, 0.25) is 0 Å². The molecule has 0 unspecified atom stereocenters. The number of urea groups is 1. The van der Waals surface area contributed by atoms with E-state index in [0.717, 1.165) is 18.9 Å². The van der Waals surface area contributed by atoms with Crippen LogP contribution in [0.4, 0.5) is 16.3 Å². The first-order chi connectivity index (χ1) is 10.8. The minimum Gasteiger partial charge on any atom is -0.467 e. The van der Waals surface area contributed by atoms with Crippen LogP contribution in [0.2, 0.25) is 0 Å². The van der Waals surface area contributed by atoms with Crippen LogP contribution in [0.15, 0.2) is 41.1 Å². The van der Waals surface area contributed by atoms with Crippen LogP contribution < -0.4 is 15.5 Å². The third-order valence-electron chi connectivity index (χ3n) is 3.35. The van der Waals surface area contributed by atoms with Gasteiger partial charge in [0, 0.05) is 19.3 Å². The maximum absolute atomic E-state index is 12.0. The van der Waals surface area contributed by atoms with Gasteiger partial charge in [-0.25, -0.2) is 9.78 Å². The number of carbonyl (C=O) groups is 1. The van der Waals surface area contributed by atoms with Gasteiger partial charge in [0.1, 0.15) is 5.76 Å². The van der Waals surface area contributed by atoms with Crippen molar-refractivity contribution in [1.82, 2.24) is 10.3 Å². The lowest BCUT2D eigenvalue weighted by Crippen LogP contribution is -2.37. The van der Waals surface area contributed by atoms with Crippen molar-refractivity contribution in [2.24, 2.45) is 0 Å². The van der Waals surface area contributed by atoms with Crippen LogP contribution in [-0.4, -0.2) is 37.3 Å². The zero-order valence-electron chi connectivity index (χ0n) is 12.1. The van der Waals surface area contributed by atoms with Crippen LogP contribution in [0.25, 0.3) is 0 Å². The smallest absolute Gasteiger partial charge is 0.319 e. The number of pyridine rings is 1. The summed E-state index contributed by atoms with van der Waals surface area (Å²) >= 11 is 0. The molecule has 0 radical (unpaired) electrons. The fourth-order valence-electron chi connectivity index (χ4n) is 2.27. The monoisotopic (exact) mass is 302 g/mol. The lowest BCUT2D eigenvalue weighted by atomic mass is 10.3. The zero-order chi connectivity index (χ0) is 15.2. The molecule has 0 bridgehead atoms. The second-order valence-electron chi connectivity index (χ2n) is 4.86. The molecule has 0 aromatic carbocycles. The Hall–Kier alpha value is -2.54. The summed E-state index contributed by atoms with van der Waals surface area (Å²) in [5.41, 5.74) is 0.682. The second kappa shape index (κ2) is 6.95. The predicted octanol–water partition coefficient (Wildman–Crippen LogP) is 1.83. The van der Waals surface area contributed by atoms with E-state index in [4.69, 9.17) is 9.15 Å². The van der Waals surface area contributed by atoms with Crippen molar-refractivity contribution in [3.8, 4) is 0 Å². The largest absolute Gasteiger partial charge is 0.467 e. The van der Waals surface area contributed by atoms with Crippen molar-refractivity contribution >= 4 is 17.5 Å². The van der Waals surface area contributed by atoms with Gasteiger partial charge in [0.05, 0.1) is 31.7 Å². The average molecular weight is 302 g/mol. The molecule has 1 aliphatic rings. The number of carbonyl (C=O) groups excluding carboxylic acids is 1. The van der Waals surface area contributed by atoms with Crippen molar-refractivity contribution in [3.05, 3.63) is 42.5 Å². The quantitative estimate of drug-likeness (QED) is 0.901. The summed E-state index contributed by atoms with van der Waals surface area (Å²) in [7, 11) is 0. The molecular weight excluding hydrogens is 284 g/mol. The SMILES string of the molecule is O=C(NCc1ccco1)Nc1cccnc1N1CCOCC1. The Morgan fingerprint density at radius 1 is 1.27 bits per heavy atom. The molecule has 2 aromatic rings. The molecule has 0 aliphatic carbocycles. The van der Waals surface area contributed by atoms with Gasteiger partial charge in [0.15, 0.2) is 5.82 Å². The van der Waals surface area contributed by atoms with Gasteiger partial charge in [-0.1, -0.05) is 0 Å². The van der Waals surface area contributed by atoms with Gasteiger partial charge in [0.25, 0.3) is 0 Å². The zero-order valence-corrected chi connectivity index (χ0v) is 12.1. The molecule has 2 N–H and O–H groups in total. The van der Waals surface area contributed by atoms with Gasteiger partial charge in [-0.05, 0) is 24.3 Å². The number of furan rings is 1. The van der Waals surface area contributed by atoms with Crippen molar-refractivity contribution < 1.29 is 13.9 Å². The minimum atomic E-state index is -0.293. The van der Waals surface area contributed by atoms with E-state index >= 15 is 0 Å². The highest BCUT2D eigenvalue weighted by atomic mass is 16.5. The summed E-state index contributed by atoms with van der Waals surface area (Å²) in [6, 6.07) is 6.94. The molecule has 1 aliphatic heterocycles. The van der Waals surface area contributed by atoms with Gasteiger partial charge >= 0.3 is 6.03 Å². The number of rotatable bonds is 4. The van der Waals surface area contributed by atoms with Gasteiger partial charge in [-0.15, -0.1) is 0 Å². The van der Waals surface area contributed by atoms with Crippen molar-refractivity contribution in [2.45, 2.75) is 6.54 Å². The molecule has 1 fully saturated rings. The van der Waals surface area contributed by atoms with Crippen LogP contribution in [0.5, 0.6) is 0 Å². The Morgan fingerprint density at radius 2 is 2.14 bits per heavy atom. The van der Waals surface area contributed by atoms with Crippen molar-refractivity contribution in [2.75, 3.05) is 36.5 Å². The Balaban J connectivity index is 1.62. The number of ether oxygens (including phenoxy) is 1. The molecule has 0 atom stereocenters. The van der Waals surface area contributed by atoms with Crippen LogP contribution in [0.3, 0.4) is 0 Å². The lowest BCUT2D eigenvalue weighted by Gasteiger charge is -2.29. The normalized spacial score (nSPS) is 14.6. The van der Waals surface area contributed by atoms with E-state index in [2.05, 4.69) is 20.5 Å². The second-order valence-corrected chi connectivity index (χ2v) is 4.86. The molecule has 22 heavy (non-hydrogen) atoms. The van der Waals surface area contributed by atoms with E-state index in [9.17, 15) is 4.79 Å². The minimum absolute atomic E-state index is 0.293. The fraction of sp³-hybridized carbons (Fsp3) is 0.333.